The summed E-state index contributed by atoms with van der Waals surface area (Å²) >= 11 is 18.7. The first-order valence-electron chi connectivity index (χ1n) is 7.84. The molecule has 1 aromatic carbocycles. The predicted octanol–water partition coefficient (Wildman–Crippen LogP) is 5.19. The first kappa shape index (κ1) is 19.1. The van der Waals surface area contributed by atoms with Gasteiger partial charge in [0.05, 0.1) is 5.39 Å². The maximum atomic E-state index is 12.8. The Bertz CT molecular complexity index is 1100. The van der Waals surface area contributed by atoms with Crippen LogP contribution in [0.1, 0.15) is 24.8 Å². The molecule has 0 bridgehead atoms. The number of halogens is 2. The summed E-state index contributed by atoms with van der Waals surface area (Å²) in [5, 5.41) is 4.06. The number of aromatic amines is 1. The van der Waals surface area contributed by atoms with Crippen molar-refractivity contribution in [3.8, 4) is 0 Å². The topological polar surface area (TPSA) is 66.9 Å². The zero-order valence-electron chi connectivity index (χ0n) is 13.9. The summed E-state index contributed by atoms with van der Waals surface area (Å²) in [7, 11) is 0. The molecule has 5 nitrogen and oxygen atoms in total. The number of amides is 1. The molecule has 136 valence electrons. The number of benzene rings is 1. The number of carbonyl (C=O) groups excluding carboxylic acids is 1. The average molecular weight is 428 g/mol. The number of rotatable bonds is 4. The standard InChI is InChI=1S/C17H15Cl2N3O2S2/c1-3-12-7-13-15(26-12)21-17(25)22(16(13)24)8(2)14(23)20-11-5-9(18)4-10(19)6-11/h4-8H,3H2,1-2H3,(H,20,23)(H,21,25). The van der Waals surface area contributed by atoms with Gasteiger partial charge in [-0.05, 0) is 49.8 Å². The van der Waals surface area contributed by atoms with Crippen molar-refractivity contribution in [1.82, 2.24) is 9.55 Å². The van der Waals surface area contributed by atoms with Crippen molar-refractivity contribution in [2.75, 3.05) is 5.32 Å². The van der Waals surface area contributed by atoms with Gasteiger partial charge < -0.3 is 10.3 Å². The number of carbonyl (C=O) groups is 1. The number of hydrogen-bond donors (Lipinski definition) is 2. The van der Waals surface area contributed by atoms with Gasteiger partial charge in [0, 0.05) is 20.6 Å². The first-order valence-corrected chi connectivity index (χ1v) is 9.82. The molecule has 0 aliphatic heterocycles. The Hall–Kier alpha value is -1.67. The van der Waals surface area contributed by atoms with Gasteiger partial charge in [0.25, 0.3) is 5.56 Å². The van der Waals surface area contributed by atoms with Gasteiger partial charge in [-0.25, -0.2) is 0 Å². The van der Waals surface area contributed by atoms with Crippen molar-refractivity contribution in [1.29, 1.82) is 0 Å². The fourth-order valence-corrected chi connectivity index (χ4v) is 4.51. The van der Waals surface area contributed by atoms with Gasteiger partial charge in [0.2, 0.25) is 5.91 Å². The van der Waals surface area contributed by atoms with Crippen molar-refractivity contribution in [3.63, 3.8) is 0 Å². The van der Waals surface area contributed by atoms with Gasteiger partial charge in [-0.15, -0.1) is 11.3 Å². The first-order chi connectivity index (χ1) is 12.3. The molecular weight excluding hydrogens is 413 g/mol. The molecule has 0 fully saturated rings. The fraction of sp³-hybridized carbons (Fsp3) is 0.235. The Labute approximate surface area is 168 Å². The number of aryl methyl sites for hydroxylation is 1. The summed E-state index contributed by atoms with van der Waals surface area (Å²) in [5.74, 6) is -0.393. The zero-order chi connectivity index (χ0) is 19.0. The summed E-state index contributed by atoms with van der Waals surface area (Å²) < 4.78 is 1.49. The molecule has 0 aliphatic rings. The van der Waals surface area contributed by atoms with Crippen molar-refractivity contribution < 1.29 is 4.79 Å². The molecule has 2 heterocycles. The molecule has 26 heavy (non-hydrogen) atoms. The second kappa shape index (κ2) is 7.52. The molecule has 0 saturated heterocycles. The lowest BCUT2D eigenvalue weighted by atomic mass is 10.2. The van der Waals surface area contributed by atoms with Crippen LogP contribution >= 0.6 is 46.8 Å². The Morgan fingerprint density at radius 3 is 2.58 bits per heavy atom. The normalized spacial score (nSPS) is 12.3. The smallest absolute Gasteiger partial charge is 0.263 e. The largest absolute Gasteiger partial charge is 0.324 e. The van der Waals surface area contributed by atoms with E-state index in [4.69, 9.17) is 35.4 Å². The van der Waals surface area contributed by atoms with Crippen molar-refractivity contribution in [2.45, 2.75) is 26.3 Å². The molecule has 0 spiro atoms. The number of hydrogen-bond acceptors (Lipinski definition) is 4. The van der Waals surface area contributed by atoms with E-state index in [1.54, 1.807) is 25.1 Å². The van der Waals surface area contributed by atoms with Crippen LogP contribution in [0.4, 0.5) is 5.69 Å². The van der Waals surface area contributed by atoms with Crippen LogP contribution in [-0.4, -0.2) is 15.5 Å². The Balaban J connectivity index is 1.98. The summed E-state index contributed by atoms with van der Waals surface area (Å²) in [4.78, 5) is 30.3. The third-order valence-corrected chi connectivity index (χ3v) is 5.85. The molecule has 3 rings (SSSR count). The van der Waals surface area contributed by atoms with E-state index < -0.39 is 11.9 Å². The summed E-state index contributed by atoms with van der Waals surface area (Å²) in [6.45, 7) is 3.63. The number of nitrogens with one attached hydrogen (secondary N) is 2. The van der Waals surface area contributed by atoms with E-state index in [9.17, 15) is 9.59 Å². The van der Waals surface area contributed by atoms with E-state index in [1.807, 2.05) is 13.0 Å². The molecule has 0 saturated carbocycles. The highest BCUT2D eigenvalue weighted by atomic mass is 35.5. The molecule has 3 aromatic rings. The Kier molecular flexibility index (Phi) is 5.53. The molecule has 2 aromatic heterocycles. The lowest BCUT2D eigenvalue weighted by molar-refractivity contribution is -0.118. The van der Waals surface area contributed by atoms with Crippen LogP contribution in [0.2, 0.25) is 10.0 Å². The highest BCUT2D eigenvalue weighted by molar-refractivity contribution is 7.71. The second-order valence-corrected chi connectivity index (χ2v) is 8.13. The van der Waals surface area contributed by atoms with Gasteiger partial charge in [0.1, 0.15) is 10.9 Å². The van der Waals surface area contributed by atoms with Gasteiger partial charge in [0.15, 0.2) is 4.77 Å². The van der Waals surface area contributed by atoms with E-state index in [-0.39, 0.29) is 10.3 Å². The van der Waals surface area contributed by atoms with E-state index in [1.165, 1.54) is 15.9 Å². The van der Waals surface area contributed by atoms with E-state index in [2.05, 4.69) is 10.3 Å². The van der Waals surface area contributed by atoms with E-state index in [0.29, 0.717) is 21.1 Å². The molecule has 1 atom stereocenters. The summed E-state index contributed by atoms with van der Waals surface area (Å²) in [6, 6.07) is 5.76. The maximum Gasteiger partial charge on any atom is 0.263 e. The average Bonchev–Trinajstić information content (AvgIpc) is 2.97. The van der Waals surface area contributed by atoms with Crippen molar-refractivity contribution in [2.24, 2.45) is 0 Å². The van der Waals surface area contributed by atoms with Crippen LogP contribution in [0.5, 0.6) is 0 Å². The number of fused-ring (bicyclic) bond motifs is 1. The van der Waals surface area contributed by atoms with Crippen LogP contribution in [-0.2, 0) is 11.2 Å². The molecular formula is C17H15Cl2N3O2S2. The van der Waals surface area contributed by atoms with Crippen molar-refractivity contribution in [3.05, 3.63) is 54.3 Å². The fourth-order valence-electron chi connectivity index (χ4n) is 2.59. The third kappa shape index (κ3) is 3.71. The number of nitrogens with zero attached hydrogens (tertiary/aromatic N) is 1. The van der Waals surface area contributed by atoms with Crippen LogP contribution in [0.3, 0.4) is 0 Å². The zero-order valence-corrected chi connectivity index (χ0v) is 17.1. The minimum absolute atomic E-state index is 0.207. The van der Waals surface area contributed by atoms with Gasteiger partial charge in [-0.1, -0.05) is 30.1 Å². The summed E-state index contributed by atoms with van der Waals surface area (Å²) in [6.07, 6.45) is 0.824. The van der Waals surface area contributed by atoms with Crippen LogP contribution in [0.15, 0.2) is 29.1 Å². The quantitative estimate of drug-likeness (QED) is 0.562. The van der Waals surface area contributed by atoms with Crippen LogP contribution in [0, 0.1) is 4.77 Å². The second-order valence-electron chi connectivity index (χ2n) is 5.74. The predicted molar refractivity (Wildman–Crippen MR) is 110 cm³/mol. The lowest BCUT2D eigenvalue weighted by Crippen LogP contribution is -2.32. The number of thiophene rings is 1. The highest BCUT2D eigenvalue weighted by Crippen LogP contribution is 2.24. The molecule has 2 N–H and O–H groups in total. The number of aromatic nitrogens is 2. The number of anilines is 1. The number of H-pyrrole nitrogens is 1. The highest BCUT2D eigenvalue weighted by Gasteiger charge is 2.20. The van der Waals surface area contributed by atoms with Crippen molar-refractivity contribution >= 4 is 68.6 Å². The maximum absolute atomic E-state index is 12.8. The molecule has 1 amide bonds. The molecule has 1 unspecified atom stereocenters. The minimum atomic E-state index is -0.807. The van der Waals surface area contributed by atoms with Gasteiger partial charge in [-0.3, -0.25) is 14.2 Å². The van der Waals surface area contributed by atoms with Crippen LogP contribution in [0.25, 0.3) is 10.2 Å². The van der Waals surface area contributed by atoms with Gasteiger partial charge >= 0.3 is 0 Å². The lowest BCUT2D eigenvalue weighted by Gasteiger charge is -2.15. The molecule has 0 aliphatic carbocycles. The van der Waals surface area contributed by atoms with Crippen LogP contribution < -0.4 is 10.9 Å². The molecule has 0 radical (unpaired) electrons. The SMILES string of the molecule is CCc1cc2c(=O)n(C(C)C(=O)Nc3cc(Cl)cc(Cl)c3)c(=S)[nH]c2s1. The third-order valence-electron chi connectivity index (χ3n) is 3.92. The van der Waals surface area contributed by atoms with Gasteiger partial charge in [-0.2, -0.15) is 0 Å². The van der Waals surface area contributed by atoms with E-state index >= 15 is 0 Å². The Morgan fingerprint density at radius 1 is 1.31 bits per heavy atom. The summed E-state index contributed by atoms with van der Waals surface area (Å²) in [5.41, 5.74) is 0.165. The van der Waals surface area contributed by atoms with E-state index in [0.717, 1.165) is 16.1 Å². The minimum Gasteiger partial charge on any atom is -0.324 e. The Morgan fingerprint density at radius 2 is 1.96 bits per heavy atom. The molecule has 9 heteroatoms. The monoisotopic (exact) mass is 427 g/mol.